The number of sulfonamides is 1. The number of methoxy groups -OCH3 is 1. The van der Waals surface area contributed by atoms with Crippen LogP contribution in [0.2, 0.25) is 5.02 Å². The zero-order valence-corrected chi connectivity index (χ0v) is 12.9. The Balaban J connectivity index is 2.37. The topological polar surface area (TPSA) is 100 Å². The maximum Gasteiger partial charge on any atom is 0.273 e. The minimum Gasteiger partial charge on any atom is -0.383 e. The molecule has 1 aromatic heterocycles. The van der Waals surface area contributed by atoms with E-state index in [0.29, 0.717) is 30.4 Å². The molecule has 0 saturated heterocycles. The van der Waals surface area contributed by atoms with E-state index in [1.54, 1.807) is 12.1 Å². The first-order valence-electron chi connectivity index (χ1n) is 6.10. The Morgan fingerprint density at radius 2 is 2.14 bits per heavy atom. The van der Waals surface area contributed by atoms with Gasteiger partial charge < -0.3 is 4.74 Å². The van der Waals surface area contributed by atoms with E-state index in [1.165, 1.54) is 11.7 Å². The Hall–Kier alpha value is -1.48. The van der Waals surface area contributed by atoms with Gasteiger partial charge in [-0.05, 0) is 17.7 Å². The van der Waals surface area contributed by atoms with Crippen molar-refractivity contribution in [2.75, 3.05) is 13.7 Å². The molecule has 0 bridgehead atoms. The summed E-state index contributed by atoms with van der Waals surface area (Å²) in [6.45, 7) is 0.619. The second kappa shape index (κ2) is 6.52. The molecule has 1 aromatic carbocycles. The highest BCUT2D eigenvalue weighted by Crippen LogP contribution is 2.15. The van der Waals surface area contributed by atoms with Gasteiger partial charge in [-0.25, -0.2) is 13.6 Å². The molecule has 0 saturated carbocycles. The number of primary sulfonamides is 1. The normalized spacial score (nSPS) is 11.8. The molecule has 0 aliphatic heterocycles. The average Bonchev–Trinajstić information content (AvgIpc) is 2.79. The third kappa shape index (κ3) is 4.01. The van der Waals surface area contributed by atoms with Crippen molar-refractivity contribution in [3.05, 3.63) is 40.7 Å². The van der Waals surface area contributed by atoms with E-state index in [-0.39, 0.29) is 5.16 Å². The largest absolute Gasteiger partial charge is 0.383 e. The van der Waals surface area contributed by atoms with Crippen molar-refractivity contribution in [1.82, 2.24) is 14.8 Å². The molecule has 0 aliphatic carbocycles. The second-order valence-corrected chi connectivity index (χ2v) is 6.29. The SMILES string of the molecule is COCCn1c(Cc2cccc(Cl)c2)nnc1S(N)(=O)=O. The highest BCUT2D eigenvalue weighted by atomic mass is 35.5. The number of benzene rings is 1. The van der Waals surface area contributed by atoms with Gasteiger partial charge in [0.05, 0.1) is 6.61 Å². The molecule has 1 heterocycles. The third-order valence-electron chi connectivity index (χ3n) is 2.82. The molecule has 2 N–H and O–H groups in total. The number of halogens is 1. The van der Waals surface area contributed by atoms with E-state index in [4.69, 9.17) is 21.5 Å². The quantitative estimate of drug-likeness (QED) is 0.845. The fourth-order valence-electron chi connectivity index (χ4n) is 1.90. The van der Waals surface area contributed by atoms with Crippen LogP contribution in [0.25, 0.3) is 0 Å². The number of hydrogen-bond acceptors (Lipinski definition) is 5. The number of hydrogen-bond donors (Lipinski definition) is 1. The maximum atomic E-state index is 11.5. The van der Waals surface area contributed by atoms with Gasteiger partial charge in [-0.1, -0.05) is 23.7 Å². The smallest absolute Gasteiger partial charge is 0.273 e. The van der Waals surface area contributed by atoms with Gasteiger partial charge in [0, 0.05) is 25.1 Å². The molecule has 7 nitrogen and oxygen atoms in total. The second-order valence-electron chi connectivity index (χ2n) is 4.39. The highest BCUT2D eigenvalue weighted by molar-refractivity contribution is 7.89. The number of nitrogens with zero attached hydrogens (tertiary/aromatic N) is 3. The van der Waals surface area contributed by atoms with Crippen molar-refractivity contribution in [3.8, 4) is 0 Å². The number of aromatic nitrogens is 3. The molecule has 0 aliphatic rings. The first-order chi connectivity index (χ1) is 9.91. The minimum atomic E-state index is -3.94. The molecule has 0 atom stereocenters. The van der Waals surface area contributed by atoms with Crippen LogP contribution in [-0.4, -0.2) is 36.9 Å². The Morgan fingerprint density at radius 3 is 2.76 bits per heavy atom. The average molecular weight is 331 g/mol. The van der Waals surface area contributed by atoms with Crippen LogP contribution in [0.1, 0.15) is 11.4 Å². The van der Waals surface area contributed by atoms with Crippen molar-refractivity contribution >= 4 is 21.6 Å². The fraction of sp³-hybridized carbons (Fsp3) is 0.333. The summed E-state index contributed by atoms with van der Waals surface area (Å²) >= 11 is 5.93. The van der Waals surface area contributed by atoms with Gasteiger partial charge in [0.1, 0.15) is 5.82 Å². The molecule has 0 fully saturated rings. The van der Waals surface area contributed by atoms with Crippen LogP contribution in [0.3, 0.4) is 0 Å². The van der Waals surface area contributed by atoms with Crippen molar-refractivity contribution in [2.24, 2.45) is 5.14 Å². The van der Waals surface area contributed by atoms with Crippen molar-refractivity contribution in [2.45, 2.75) is 18.1 Å². The van der Waals surface area contributed by atoms with Gasteiger partial charge in [0.25, 0.3) is 15.2 Å². The van der Waals surface area contributed by atoms with E-state index in [2.05, 4.69) is 10.2 Å². The summed E-state index contributed by atoms with van der Waals surface area (Å²) in [7, 11) is -2.41. The molecule has 114 valence electrons. The minimum absolute atomic E-state index is 0.267. The molecular formula is C12H15ClN4O3S. The summed E-state index contributed by atoms with van der Waals surface area (Å²) < 4.78 is 29.5. The maximum absolute atomic E-state index is 11.5. The van der Waals surface area contributed by atoms with Gasteiger partial charge in [0.2, 0.25) is 0 Å². The van der Waals surface area contributed by atoms with Crippen LogP contribution in [0.4, 0.5) is 0 Å². The fourth-order valence-corrected chi connectivity index (χ4v) is 2.77. The van der Waals surface area contributed by atoms with Crippen molar-refractivity contribution in [3.63, 3.8) is 0 Å². The molecule has 21 heavy (non-hydrogen) atoms. The van der Waals surface area contributed by atoms with Crippen LogP contribution in [0, 0.1) is 0 Å². The van der Waals surface area contributed by atoms with E-state index in [0.717, 1.165) is 5.56 Å². The van der Waals surface area contributed by atoms with E-state index < -0.39 is 10.0 Å². The van der Waals surface area contributed by atoms with Gasteiger partial charge in [-0.2, -0.15) is 0 Å². The number of rotatable bonds is 6. The first-order valence-corrected chi connectivity index (χ1v) is 8.02. The molecule has 0 amide bonds. The Morgan fingerprint density at radius 1 is 1.38 bits per heavy atom. The van der Waals surface area contributed by atoms with E-state index in [1.807, 2.05) is 12.1 Å². The Labute approximate surface area is 127 Å². The molecule has 0 spiro atoms. The molecule has 2 rings (SSSR count). The van der Waals surface area contributed by atoms with E-state index in [9.17, 15) is 8.42 Å². The molecule has 0 unspecified atom stereocenters. The summed E-state index contributed by atoms with van der Waals surface area (Å²) in [4.78, 5) is 0. The lowest BCUT2D eigenvalue weighted by atomic mass is 10.1. The number of ether oxygens (including phenoxy) is 1. The van der Waals surface area contributed by atoms with Crippen LogP contribution >= 0.6 is 11.6 Å². The Bertz CT molecular complexity index is 730. The summed E-state index contributed by atoms with van der Waals surface area (Å²) in [5.41, 5.74) is 0.898. The molecule has 9 heteroatoms. The lowest BCUT2D eigenvalue weighted by Crippen LogP contribution is -2.21. The van der Waals surface area contributed by atoms with Gasteiger partial charge in [0.15, 0.2) is 0 Å². The van der Waals surface area contributed by atoms with Gasteiger partial charge in [-0.15, -0.1) is 10.2 Å². The molecular weight excluding hydrogens is 316 g/mol. The lowest BCUT2D eigenvalue weighted by molar-refractivity contribution is 0.183. The standard InChI is InChI=1S/C12H15ClN4O3S/c1-20-6-5-17-11(15-16-12(17)21(14,18)19)8-9-3-2-4-10(13)7-9/h2-4,7H,5-6,8H2,1H3,(H2,14,18,19). The van der Waals surface area contributed by atoms with Crippen LogP contribution in [-0.2, 0) is 27.7 Å². The lowest BCUT2D eigenvalue weighted by Gasteiger charge is -2.08. The van der Waals surface area contributed by atoms with Crippen molar-refractivity contribution in [1.29, 1.82) is 0 Å². The zero-order valence-electron chi connectivity index (χ0n) is 11.4. The van der Waals surface area contributed by atoms with Crippen LogP contribution in [0.5, 0.6) is 0 Å². The third-order valence-corrected chi connectivity index (χ3v) is 3.86. The first kappa shape index (κ1) is 15.9. The van der Waals surface area contributed by atoms with Crippen molar-refractivity contribution < 1.29 is 13.2 Å². The zero-order chi connectivity index (χ0) is 15.5. The summed E-state index contributed by atoms with van der Waals surface area (Å²) in [6, 6.07) is 7.23. The predicted octanol–water partition coefficient (Wildman–Crippen LogP) is 0.816. The summed E-state index contributed by atoms with van der Waals surface area (Å²) in [5, 5.41) is 13.1. The monoisotopic (exact) mass is 330 g/mol. The van der Waals surface area contributed by atoms with E-state index >= 15 is 0 Å². The predicted molar refractivity (Wildman–Crippen MR) is 77.5 cm³/mol. The Kier molecular flexibility index (Phi) is 4.94. The summed E-state index contributed by atoms with van der Waals surface area (Å²) in [6.07, 6.45) is 0.396. The van der Waals surface area contributed by atoms with Gasteiger partial charge >= 0.3 is 0 Å². The number of nitrogens with two attached hydrogens (primary N) is 1. The summed E-state index contributed by atoms with van der Waals surface area (Å²) in [5.74, 6) is 0.485. The molecule has 2 aromatic rings. The van der Waals surface area contributed by atoms with Crippen LogP contribution < -0.4 is 5.14 Å². The van der Waals surface area contributed by atoms with Gasteiger partial charge in [-0.3, -0.25) is 4.57 Å². The highest BCUT2D eigenvalue weighted by Gasteiger charge is 2.21. The van der Waals surface area contributed by atoms with Crippen LogP contribution in [0.15, 0.2) is 29.4 Å². The molecule has 0 radical (unpaired) electrons.